The van der Waals surface area contributed by atoms with Crippen LogP contribution in [0.25, 0.3) is 5.65 Å². The number of H-pyrrole nitrogens is 1. The predicted octanol–water partition coefficient (Wildman–Crippen LogP) is 2.62. The number of hydrogen-bond acceptors (Lipinski definition) is 2. The number of nitrogens with zero attached hydrogens (tertiary/aromatic N) is 2. The van der Waals surface area contributed by atoms with Crippen LogP contribution in [0.4, 0.5) is 0 Å². The Hall–Kier alpha value is -1.58. The first-order valence-corrected chi connectivity index (χ1v) is 6.23. The van der Waals surface area contributed by atoms with Crippen molar-refractivity contribution in [2.24, 2.45) is 0 Å². The molecule has 0 spiro atoms. The van der Waals surface area contributed by atoms with Crippen molar-refractivity contribution in [3.8, 4) is 0 Å². The first kappa shape index (κ1) is 12.9. The van der Waals surface area contributed by atoms with Gasteiger partial charge in [0.05, 0.1) is 11.4 Å². The highest BCUT2D eigenvalue weighted by Crippen LogP contribution is 2.25. The van der Waals surface area contributed by atoms with Crippen LogP contribution in [-0.2, 0) is 10.8 Å². The van der Waals surface area contributed by atoms with Crippen LogP contribution in [0.1, 0.15) is 52.9 Å². The molecule has 0 bridgehead atoms. The van der Waals surface area contributed by atoms with Gasteiger partial charge in [0.15, 0.2) is 0 Å². The quantitative estimate of drug-likeness (QED) is 0.778. The van der Waals surface area contributed by atoms with Crippen LogP contribution in [0.3, 0.4) is 0 Å². The van der Waals surface area contributed by atoms with Gasteiger partial charge in [-0.05, 0) is 0 Å². The molecule has 0 atom stereocenters. The van der Waals surface area contributed by atoms with Gasteiger partial charge in [0, 0.05) is 23.0 Å². The highest BCUT2D eigenvalue weighted by atomic mass is 16.1. The zero-order valence-corrected chi connectivity index (χ0v) is 12.0. The second kappa shape index (κ2) is 3.70. The van der Waals surface area contributed by atoms with Gasteiger partial charge in [-0.3, -0.25) is 4.79 Å². The van der Waals surface area contributed by atoms with E-state index in [-0.39, 0.29) is 16.4 Å². The average Bonchev–Trinajstić information content (AvgIpc) is 2.57. The third-order valence-corrected chi connectivity index (χ3v) is 2.99. The fraction of sp³-hybridized carbons (Fsp3) is 0.571. The molecule has 0 saturated heterocycles. The summed E-state index contributed by atoms with van der Waals surface area (Å²) in [6, 6.07) is 3.59. The van der Waals surface area contributed by atoms with E-state index in [1.807, 2.05) is 10.6 Å². The first-order valence-electron chi connectivity index (χ1n) is 6.23. The van der Waals surface area contributed by atoms with Crippen molar-refractivity contribution in [2.75, 3.05) is 0 Å². The predicted molar refractivity (Wildman–Crippen MR) is 73.2 cm³/mol. The monoisotopic (exact) mass is 247 g/mol. The number of fused-ring (bicyclic) bond motifs is 1. The second-order valence-corrected chi connectivity index (χ2v) is 6.85. The van der Waals surface area contributed by atoms with E-state index >= 15 is 0 Å². The molecule has 4 nitrogen and oxygen atoms in total. The maximum atomic E-state index is 11.7. The largest absolute Gasteiger partial charge is 0.307 e. The summed E-state index contributed by atoms with van der Waals surface area (Å²) in [4.78, 5) is 14.6. The Morgan fingerprint density at radius 1 is 1.06 bits per heavy atom. The number of nitrogens with one attached hydrogen (secondary N) is 1. The highest BCUT2D eigenvalue weighted by molar-refractivity contribution is 5.42. The summed E-state index contributed by atoms with van der Waals surface area (Å²) >= 11 is 0. The van der Waals surface area contributed by atoms with Crippen LogP contribution in [0.15, 0.2) is 16.9 Å². The van der Waals surface area contributed by atoms with E-state index in [0.717, 1.165) is 17.0 Å². The van der Waals surface area contributed by atoms with E-state index < -0.39 is 0 Å². The van der Waals surface area contributed by atoms with E-state index in [2.05, 4.69) is 51.6 Å². The summed E-state index contributed by atoms with van der Waals surface area (Å²) in [6.07, 6.45) is 0. The molecular weight excluding hydrogens is 226 g/mol. The van der Waals surface area contributed by atoms with Crippen molar-refractivity contribution in [3.63, 3.8) is 0 Å². The van der Waals surface area contributed by atoms with Gasteiger partial charge in [-0.2, -0.15) is 5.10 Å². The van der Waals surface area contributed by atoms with Crippen molar-refractivity contribution in [1.82, 2.24) is 14.6 Å². The standard InChI is InChI=1S/C14H21N3O/c1-13(2,3)9-7-11-15-12(18)8-10(14(4,5)6)17(11)16-9/h7-8H,1-6H3,(H,15,18). The molecule has 0 radical (unpaired) electrons. The minimum atomic E-state index is -0.117. The Labute approximate surface area is 107 Å². The smallest absolute Gasteiger partial charge is 0.251 e. The summed E-state index contributed by atoms with van der Waals surface area (Å²) in [5, 5.41) is 4.64. The van der Waals surface area contributed by atoms with Crippen LogP contribution in [0, 0.1) is 0 Å². The lowest BCUT2D eigenvalue weighted by Crippen LogP contribution is -2.22. The molecule has 0 amide bonds. The van der Waals surface area contributed by atoms with Crippen LogP contribution >= 0.6 is 0 Å². The van der Waals surface area contributed by atoms with Crippen LogP contribution < -0.4 is 5.56 Å². The summed E-state index contributed by atoms with van der Waals surface area (Å²) in [6.45, 7) is 12.6. The summed E-state index contributed by atoms with van der Waals surface area (Å²) in [5.74, 6) is 0. The fourth-order valence-electron chi connectivity index (χ4n) is 1.90. The summed E-state index contributed by atoms with van der Waals surface area (Å²) in [5.41, 5.74) is 2.45. The molecule has 0 aliphatic rings. The topological polar surface area (TPSA) is 50.2 Å². The van der Waals surface area contributed by atoms with Crippen molar-refractivity contribution in [2.45, 2.75) is 52.4 Å². The Kier molecular flexibility index (Phi) is 2.65. The van der Waals surface area contributed by atoms with Crippen molar-refractivity contribution < 1.29 is 0 Å². The van der Waals surface area contributed by atoms with Crippen LogP contribution in [-0.4, -0.2) is 14.6 Å². The van der Waals surface area contributed by atoms with E-state index in [4.69, 9.17) is 0 Å². The fourth-order valence-corrected chi connectivity index (χ4v) is 1.90. The molecule has 0 aliphatic heterocycles. The van der Waals surface area contributed by atoms with Crippen molar-refractivity contribution >= 4 is 5.65 Å². The third kappa shape index (κ3) is 2.19. The minimum Gasteiger partial charge on any atom is -0.307 e. The van der Waals surface area contributed by atoms with Gasteiger partial charge >= 0.3 is 0 Å². The Balaban J connectivity index is 2.81. The van der Waals surface area contributed by atoms with Gasteiger partial charge < -0.3 is 4.98 Å². The lowest BCUT2D eigenvalue weighted by atomic mass is 9.92. The lowest BCUT2D eigenvalue weighted by molar-refractivity contribution is 0.527. The molecular formula is C14H21N3O. The Morgan fingerprint density at radius 2 is 1.67 bits per heavy atom. The maximum absolute atomic E-state index is 11.7. The van der Waals surface area contributed by atoms with Gasteiger partial charge in [0.1, 0.15) is 5.65 Å². The van der Waals surface area contributed by atoms with Crippen LogP contribution in [0.5, 0.6) is 0 Å². The highest BCUT2D eigenvalue weighted by Gasteiger charge is 2.23. The average molecular weight is 247 g/mol. The van der Waals surface area contributed by atoms with E-state index in [1.165, 1.54) is 0 Å². The van der Waals surface area contributed by atoms with Crippen molar-refractivity contribution in [1.29, 1.82) is 0 Å². The van der Waals surface area contributed by atoms with Crippen LogP contribution in [0.2, 0.25) is 0 Å². The lowest BCUT2D eigenvalue weighted by Gasteiger charge is -2.19. The van der Waals surface area contributed by atoms with Gasteiger partial charge in [-0.1, -0.05) is 41.5 Å². The van der Waals surface area contributed by atoms with E-state index in [0.29, 0.717) is 0 Å². The second-order valence-electron chi connectivity index (χ2n) is 6.85. The number of aromatic nitrogens is 3. The molecule has 0 aliphatic carbocycles. The molecule has 2 aromatic rings. The number of aromatic amines is 1. The normalized spacial score (nSPS) is 13.2. The molecule has 2 rings (SSSR count). The van der Waals surface area contributed by atoms with Gasteiger partial charge in [-0.25, -0.2) is 4.52 Å². The Morgan fingerprint density at radius 3 is 2.17 bits per heavy atom. The van der Waals surface area contributed by atoms with Crippen molar-refractivity contribution in [3.05, 3.63) is 33.9 Å². The first-order chi connectivity index (χ1) is 8.09. The minimum absolute atomic E-state index is 0.0297. The zero-order chi connectivity index (χ0) is 13.7. The summed E-state index contributed by atoms with van der Waals surface area (Å²) < 4.78 is 1.85. The molecule has 0 aromatic carbocycles. The number of hydrogen-bond donors (Lipinski definition) is 1. The molecule has 2 heterocycles. The van der Waals surface area contributed by atoms with Gasteiger partial charge in [0.2, 0.25) is 0 Å². The third-order valence-electron chi connectivity index (χ3n) is 2.99. The van der Waals surface area contributed by atoms with Gasteiger partial charge in [-0.15, -0.1) is 0 Å². The number of rotatable bonds is 0. The molecule has 18 heavy (non-hydrogen) atoms. The van der Waals surface area contributed by atoms with E-state index in [9.17, 15) is 4.79 Å². The summed E-state index contributed by atoms with van der Waals surface area (Å²) in [7, 11) is 0. The molecule has 0 unspecified atom stereocenters. The molecule has 1 N–H and O–H groups in total. The molecule has 2 aromatic heterocycles. The van der Waals surface area contributed by atoms with E-state index in [1.54, 1.807) is 6.07 Å². The SMILES string of the molecule is CC(C)(C)c1cc2[nH]c(=O)cc(C(C)(C)C)n2n1. The Bertz CT molecular complexity index is 636. The zero-order valence-electron chi connectivity index (χ0n) is 12.0. The molecule has 0 saturated carbocycles. The molecule has 0 fully saturated rings. The maximum Gasteiger partial charge on any atom is 0.251 e. The molecule has 98 valence electrons. The molecule has 4 heteroatoms. The van der Waals surface area contributed by atoms with Gasteiger partial charge in [0.25, 0.3) is 5.56 Å².